The fraction of sp³-hybridized carbons (Fsp3) is 0.364. The standard InChI is InChI=1S/C22H24N2O3/c25-20(12-11-17-7-2-1-3-8-17)24-14-6-13-22(16-24)15-23-21(26)18-9-4-5-10-19(18)27-22/h1-5,7-10H,6,11-16H2,(H,23,26). The van der Waals surface area contributed by atoms with Gasteiger partial charge in [0.1, 0.15) is 11.4 Å². The zero-order valence-corrected chi connectivity index (χ0v) is 15.3. The summed E-state index contributed by atoms with van der Waals surface area (Å²) in [6.07, 6.45) is 2.92. The van der Waals surface area contributed by atoms with Gasteiger partial charge in [-0.1, -0.05) is 42.5 Å². The van der Waals surface area contributed by atoms with Gasteiger partial charge < -0.3 is 15.0 Å². The summed E-state index contributed by atoms with van der Waals surface area (Å²) >= 11 is 0. The molecule has 1 fully saturated rings. The highest BCUT2D eigenvalue weighted by molar-refractivity contribution is 5.97. The van der Waals surface area contributed by atoms with E-state index in [0.29, 0.717) is 30.8 Å². The first kappa shape index (κ1) is 17.6. The number of nitrogens with one attached hydrogen (secondary N) is 1. The van der Waals surface area contributed by atoms with Gasteiger partial charge in [0.15, 0.2) is 0 Å². The van der Waals surface area contributed by atoms with Crippen molar-refractivity contribution < 1.29 is 14.3 Å². The van der Waals surface area contributed by atoms with Crippen molar-refractivity contribution in [2.24, 2.45) is 0 Å². The zero-order chi connectivity index (χ0) is 18.7. The van der Waals surface area contributed by atoms with Crippen molar-refractivity contribution in [2.45, 2.75) is 31.3 Å². The predicted molar refractivity (Wildman–Crippen MR) is 103 cm³/mol. The van der Waals surface area contributed by atoms with Crippen LogP contribution in [-0.2, 0) is 11.2 Å². The number of benzene rings is 2. The molecule has 1 atom stereocenters. The van der Waals surface area contributed by atoms with E-state index in [1.165, 1.54) is 5.56 Å². The predicted octanol–water partition coefficient (Wildman–Crippen LogP) is 2.80. The van der Waals surface area contributed by atoms with Crippen LogP contribution in [0, 0.1) is 0 Å². The first-order valence-corrected chi connectivity index (χ1v) is 9.53. The van der Waals surface area contributed by atoms with Crippen molar-refractivity contribution in [3.05, 3.63) is 65.7 Å². The number of hydrogen-bond acceptors (Lipinski definition) is 3. The van der Waals surface area contributed by atoms with E-state index in [1.807, 2.05) is 53.4 Å². The summed E-state index contributed by atoms with van der Waals surface area (Å²) in [5, 5.41) is 2.98. The second-order valence-corrected chi connectivity index (χ2v) is 7.37. The van der Waals surface area contributed by atoms with Crippen LogP contribution in [0.3, 0.4) is 0 Å². The third kappa shape index (κ3) is 3.82. The second-order valence-electron chi connectivity index (χ2n) is 7.37. The highest BCUT2D eigenvalue weighted by Crippen LogP contribution is 2.32. The average molecular weight is 364 g/mol. The normalized spacial score (nSPS) is 21.8. The van der Waals surface area contributed by atoms with Crippen LogP contribution >= 0.6 is 0 Å². The summed E-state index contributed by atoms with van der Waals surface area (Å²) in [6, 6.07) is 17.4. The molecule has 27 heavy (non-hydrogen) atoms. The number of aryl methyl sites for hydroxylation is 1. The monoisotopic (exact) mass is 364 g/mol. The third-order valence-corrected chi connectivity index (χ3v) is 5.39. The molecule has 2 aliphatic heterocycles. The van der Waals surface area contributed by atoms with Gasteiger partial charge in [-0.25, -0.2) is 0 Å². The molecule has 5 nitrogen and oxygen atoms in total. The lowest BCUT2D eigenvalue weighted by Crippen LogP contribution is -2.57. The molecule has 2 aromatic rings. The number of fused-ring (bicyclic) bond motifs is 1. The van der Waals surface area contributed by atoms with Crippen molar-refractivity contribution in [1.82, 2.24) is 10.2 Å². The van der Waals surface area contributed by atoms with Crippen molar-refractivity contribution in [3.63, 3.8) is 0 Å². The molecule has 4 rings (SSSR count). The summed E-state index contributed by atoms with van der Waals surface area (Å²) in [6.45, 7) is 1.67. The van der Waals surface area contributed by atoms with E-state index < -0.39 is 5.60 Å². The van der Waals surface area contributed by atoms with Crippen LogP contribution in [0.2, 0.25) is 0 Å². The molecule has 1 N–H and O–H groups in total. The van der Waals surface area contributed by atoms with Crippen molar-refractivity contribution >= 4 is 11.8 Å². The minimum atomic E-state index is -0.553. The zero-order valence-electron chi connectivity index (χ0n) is 15.3. The van der Waals surface area contributed by atoms with Crippen LogP contribution in [0.25, 0.3) is 0 Å². The Kier molecular flexibility index (Phi) is 4.84. The maximum atomic E-state index is 12.8. The summed E-state index contributed by atoms with van der Waals surface area (Å²) < 4.78 is 6.32. The van der Waals surface area contributed by atoms with Crippen LogP contribution in [0.1, 0.15) is 35.2 Å². The molecule has 0 radical (unpaired) electrons. The number of ether oxygens (including phenoxy) is 1. The number of carbonyl (C=O) groups excluding carboxylic acids is 2. The van der Waals surface area contributed by atoms with E-state index >= 15 is 0 Å². The molecular formula is C22H24N2O3. The van der Waals surface area contributed by atoms with E-state index in [9.17, 15) is 9.59 Å². The number of amides is 2. The Morgan fingerprint density at radius 1 is 1.11 bits per heavy atom. The molecule has 1 spiro atoms. The molecule has 0 aliphatic carbocycles. The largest absolute Gasteiger partial charge is 0.483 e. The first-order valence-electron chi connectivity index (χ1n) is 9.53. The quantitative estimate of drug-likeness (QED) is 0.911. The van der Waals surface area contributed by atoms with Crippen molar-refractivity contribution in [2.75, 3.05) is 19.6 Å². The number of carbonyl (C=O) groups is 2. The maximum Gasteiger partial charge on any atom is 0.255 e. The van der Waals surface area contributed by atoms with Gasteiger partial charge in [-0.3, -0.25) is 9.59 Å². The van der Waals surface area contributed by atoms with E-state index in [-0.39, 0.29) is 11.8 Å². The van der Waals surface area contributed by atoms with E-state index in [2.05, 4.69) is 5.32 Å². The molecule has 2 heterocycles. The second kappa shape index (κ2) is 7.43. The van der Waals surface area contributed by atoms with E-state index in [1.54, 1.807) is 6.07 Å². The van der Waals surface area contributed by atoms with Crippen LogP contribution in [0.4, 0.5) is 0 Å². The fourth-order valence-corrected chi connectivity index (χ4v) is 3.94. The number of likely N-dealkylation sites (tertiary alicyclic amines) is 1. The molecule has 1 unspecified atom stereocenters. The Balaban J connectivity index is 1.46. The van der Waals surface area contributed by atoms with Gasteiger partial charge in [-0.05, 0) is 37.0 Å². The SMILES string of the molecule is O=C1NCC2(CCCN(C(=O)CCc3ccccc3)C2)Oc2ccccc21. The highest BCUT2D eigenvalue weighted by Gasteiger charge is 2.41. The van der Waals surface area contributed by atoms with Crippen LogP contribution < -0.4 is 10.1 Å². The molecule has 1 saturated heterocycles. The fourth-order valence-electron chi connectivity index (χ4n) is 3.94. The van der Waals surface area contributed by atoms with Gasteiger partial charge in [0, 0.05) is 13.0 Å². The Morgan fingerprint density at radius 3 is 2.74 bits per heavy atom. The minimum Gasteiger partial charge on any atom is -0.483 e. The molecule has 0 saturated carbocycles. The van der Waals surface area contributed by atoms with Gasteiger partial charge in [0.2, 0.25) is 5.91 Å². The minimum absolute atomic E-state index is 0.116. The number of rotatable bonds is 3. The van der Waals surface area contributed by atoms with Crippen LogP contribution in [0.5, 0.6) is 5.75 Å². The first-order chi connectivity index (χ1) is 13.2. The number of piperidine rings is 1. The molecule has 140 valence electrons. The lowest BCUT2D eigenvalue weighted by atomic mass is 9.92. The topological polar surface area (TPSA) is 58.6 Å². The third-order valence-electron chi connectivity index (χ3n) is 5.39. The maximum absolute atomic E-state index is 12.8. The lowest BCUT2D eigenvalue weighted by molar-refractivity contribution is -0.136. The van der Waals surface area contributed by atoms with E-state index in [0.717, 1.165) is 25.8 Å². The Morgan fingerprint density at radius 2 is 1.89 bits per heavy atom. The highest BCUT2D eigenvalue weighted by atomic mass is 16.5. The molecule has 5 heteroatoms. The Bertz CT molecular complexity index is 836. The number of nitrogens with zero attached hydrogens (tertiary/aromatic N) is 1. The summed E-state index contributed by atoms with van der Waals surface area (Å²) in [5.41, 5.74) is 1.18. The summed E-state index contributed by atoms with van der Waals surface area (Å²) in [5.74, 6) is 0.631. The Hall–Kier alpha value is -2.82. The Labute approximate surface area is 159 Å². The van der Waals surface area contributed by atoms with Crippen LogP contribution in [0.15, 0.2) is 54.6 Å². The summed E-state index contributed by atoms with van der Waals surface area (Å²) in [4.78, 5) is 27.0. The van der Waals surface area contributed by atoms with Gasteiger partial charge in [-0.15, -0.1) is 0 Å². The van der Waals surface area contributed by atoms with E-state index in [4.69, 9.17) is 4.74 Å². The van der Waals surface area contributed by atoms with Gasteiger partial charge in [0.05, 0.1) is 18.7 Å². The molecule has 2 amide bonds. The molecule has 0 bridgehead atoms. The van der Waals surface area contributed by atoms with Gasteiger partial charge in [-0.2, -0.15) is 0 Å². The van der Waals surface area contributed by atoms with Crippen molar-refractivity contribution in [3.8, 4) is 5.75 Å². The molecule has 0 aromatic heterocycles. The smallest absolute Gasteiger partial charge is 0.255 e. The van der Waals surface area contributed by atoms with Crippen LogP contribution in [-0.4, -0.2) is 41.9 Å². The number of para-hydroxylation sites is 1. The average Bonchev–Trinajstić information content (AvgIpc) is 2.84. The lowest BCUT2D eigenvalue weighted by Gasteiger charge is -2.42. The van der Waals surface area contributed by atoms with Gasteiger partial charge >= 0.3 is 0 Å². The molecular weight excluding hydrogens is 340 g/mol. The van der Waals surface area contributed by atoms with Gasteiger partial charge in [0.25, 0.3) is 5.91 Å². The number of hydrogen-bond donors (Lipinski definition) is 1. The molecule has 2 aromatic carbocycles. The summed E-state index contributed by atoms with van der Waals surface area (Å²) in [7, 11) is 0. The van der Waals surface area contributed by atoms with Crippen molar-refractivity contribution in [1.29, 1.82) is 0 Å². The molecule has 2 aliphatic rings.